The lowest BCUT2D eigenvalue weighted by Gasteiger charge is -2.44. The van der Waals surface area contributed by atoms with Crippen molar-refractivity contribution in [3.05, 3.63) is 53.6 Å². The van der Waals surface area contributed by atoms with E-state index in [2.05, 4.69) is 48.3 Å². The summed E-state index contributed by atoms with van der Waals surface area (Å²) < 4.78 is 16.8. The lowest BCUT2D eigenvalue weighted by Crippen LogP contribution is -2.53. The molecule has 1 aliphatic carbocycles. The van der Waals surface area contributed by atoms with Gasteiger partial charge in [0.25, 0.3) is 0 Å². The zero-order valence-electron chi connectivity index (χ0n) is 20.5. The molecular formula is C28H36N2O4. The molecule has 2 aromatic rings. The molecule has 3 fully saturated rings. The van der Waals surface area contributed by atoms with Gasteiger partial charge in [-0.05, 0) is 72.9 Å². The first-order chi connectivity index (χ1) is 16.4. The van der Waals surface area contributed by atoms with Crippen molar-refractivity contribution in [2.75, 3.05) is 33.5 Å². The Morgan fingerprint density at radius 1 is 1.15 bits per heavy atom. The minimum Gasteiger partial charge on any atom is -0.467 e. The molecule has 2 aromatic carbocycles. The van der Waals surface area contributed by atoms with Crippen molar-refractivity contribution < 1.29 is 19.0 Å². The average molecular weight is 465 g/mol. The first-order valence-corrected chi connectivity index (χ1v) is 12.5. The van der Waals surface area contributed by atoms with Gasteiger partial charge in [-0.25, -0.2) is 4.79 Å². The van der Waals surface area contributed by atoms with Gasteiger partial charge in [0.1, 0.15) is 11.9 Å². The van der Waals surface area contributed by atoms with Gasteiger partial charge in [0.05, 0.1) is 6.04 Å². The van der Waals surface area contributed by atoms with Crippen LogP contribution in [0, 0.1) is 11.3 Å². The summed E-state index contributed by atoms with van der Waals surface area (Å²) in [4.78, 5) is 15.4. The van der Waals surface area contributed by atoms with Crippen LogP contribution in [0.3, 0.4) is 0 Å². The highest BCUT2D eigenvalue weighted by atomic mass is 16.7. The zero-order valence-corrected chi connectivity index (χ0v) is 20.5. The number of carbonyl (C=O) groups excluding carboxylic acids is 1. The Morgan fingerprint density at radius 3 is 2.68 bits per heavy atom. The number of aryl methyl sites for hydroxylation is 1. The van der Waals surface area contributed by atoms with Crippen molar-refractivity contribution in [2.45, 2.75) is 51.7 Å². The predicted molar refractivity (Wildman–Crippen MR) is 132 cm³/mol. The van der Waals surface area contributed by atoms with Crippen molar-refractivity contribution >= 4 is 6.09 Å². The highest BCUT2D eigenvalue weighted by Gasteiger charge is 2.40. The number of ether oxygens (including phenoxy) is 3. The molecule has 3 heterocycles. The first kappa shape index (κ1) is 23.2. The van der Waals surface area contributed by atoms with E-state index >= 15 is 0 Å². The van der Waals surface area contributed by atoms with Crippen molar-refractivity contribution in [1.82, 2.24) is 10.2 Å². The summed E-state index contributed by atoms with van der Waals surface area (Å²) in [5.41, 5.74) is 4.55. The summed E-state index contributed by atoms with van der Waals surface area (Å²) in [6.45, 7) is 7.82. The number of alkyl carbamates (subject to hydrolysis) is 1. The molecule has 0 aromatic heterocycles. The Labute approximate surface area is 202 Å². The highest BCUT2D eigenvalue weighted by molar-refractivity contribution is 5.72. The van der Waals surface area contributed by atoms with Crippen LogP contribution >= 0.6 is 0 Å². The maximum atomic E-state index is 13.0. The molecule has 0 saturated carbocycles. The van der Waals surface area contributed by atoms with Crippen LogP contribution in [0.4, 0.5) is 4.79 Å². The third kappa shape index (κ3) is 4.66. The Balaban J connectivity index is 1.35. The van der Waals surface area contributed by atoms with E-state index in [1.54, 1.807) is 7.11 Å². The van der Waals surface area contributed by atoms with Crippen LogP contribution in [0.25, 0.3) is 11.1 Å². The molecule has 182 valence electrons. The van der Waals surface area contributed by atoms with Crippen LogP contribution < -0.4 is 10.1 Å². The van der Waals surface area contributed by atoms with Crippen LogP contribution in [0.5, 0.6) is 5.75 Å². The summed E-state index contributed by atoms with van der Waals surface area (Å²) in [5.74, 6) is 1.31. The Kier molecular flexibility index (Phi) is 6.54. The number of rotatable bonds is 6. The Hall–Kier alpha value is -2.57. The second-order valence-corrected chi connectivity index (χ2v) is 10.6. The number of amides is 1. The fourth-order valence-electron chi connectivity index (χ4n) is 5.85. The monoisotopic (exact) mass is 464 g/mol. The number of carbonyl (C=O) groups is 1. The summed E-state index contributed by atoms with van der Waals surface area (Å²) in [6.07, 6.45) is 3.97. The molecule has 1 N–H and O–H groups in total. The first-order valence-electron chi connectivity index (χ1n) is 12.5. The zero-order chi connectivity index (χ0) is 23.7. The molecule has 6 heteroatoms. The molecular weight excluding hydrogens is 428 g/mol. The summed E-state index contributed by atoms with van der Waals surface area (Å²) in [7, 11) is 1.62. The Morgan fingerprint density at radius 2 is 1.94 bits per heavy atom. The molecule has 6 rings (SSSR count). The number of methoxy groups -OCH3 is 1. The number of nitrogens with one attached hydrogen (secondary N) is 1. The number of piperidine rings is 3. The molecule has 1 unspecified atom stereocenters. The number of hydrogen-bond donors (Lipinski definition) is 1. The van der Waals surface area contributed by atoms with Crippen LogP contribution in [0.15, 0.2) is 42.5 Å². The van der Waals surface area contributed by atoms with Crippen LogP contribution in [-0.4, -0.2) is 50.6 Å². The fraction of sp³-hybridized carbons (Fsp3) is 0.536. The highest BCUT2D eigenvalue weighted by Crippen LogP contribution is 2.45. The molecule has 6 nitrogen and oxygen atoms in total. The average Bonchev–Trinajstić information content (AvgIpc) is 2.85. The van der Waals surface area contributed by atoms with Gasteiger partial charge in [0, 0.05) is 19.2 Å². The number of para-hydroxylation sites is 1. The van der Waals surface area contributed by atoms with E-state index in [4.69, 9.17) is 14.2 Å². The van der Waals surface area contributed by atoms with Crippen molar-refractivity contribution in [2.24, 2.45) is 11.3 Å². The van der Waals surface area contributed by atoms with Gasteiger partial charge in [-0.15, -0.1) is 0 Å². The summed E-state index contributed by atoms with van der Waals surface area (Å²) >= 11 is 0. The standard InChI is InChI=1S/C28H36N2O4/c1-28(2)13-10-21-16-20(22-6-4-5-7-24(22)33-18-32-3)8-9-23(21)26(28)29-27(31)34-25-17-30-14-11-19(25)12-15-30/h4-9,16,19,25-26H,10-15,17-18H2,1-3H3,(H,29,31)/t25-,26?/m0/s1. The minimum atomic E-state index is -0.285. The van der Waals surface area contributed by atoms with E-state index in [-0.39, 0.29) is 30.4 Å². The van der Waals surface area contributed by atoms with Crippen LogP contribution in [-0.2, 0) is 15.9 Å². The summed E-state index contributed by atoms with van der Waals surface area (Å²) in [6, 6.07) is 14.5. The normalized spacial score (nSPS) is 27.0. The van der Waals surface area contributed by atoms with Gasteiger partial charge in [-0.3, -0.25) is 4.90 Å². The summed E-state index contributed by atoms with van der Waals surface area (Å²) in [5, 5.41) is 3.25. The number of benzene rings is 2. The van der Waals surface area contributed by atoms with Gasteiger partial charge in [0.2, 0.25) is 0 Å². The van der Waals surface area contributed by atoms with Crippen LogP contribution in [0.2, 0.25) is 0 Å². The topological polar surface area (TPSA) is 60.0 Å². The molecule has 34 heavy (non-hydrogen) atoms. The van der Waals surface area contributed by atoms with Crippen molar-refractivity contribution in [3.8, 4) is 16.9 Å². The van der Waals surface area contributed by atoms with E-state index in [1.807, 2.05) is 18.2 Å². The number of hydrogen-bond acceptors (Lipinski definition) is 5. The molecule has 4 aliphatic rings. The lowest BCUT2D eigenvalue weighted by molar-refractivity contribution is -0.0353. The van der Waals surface area contributed by atoms with Gasteiger partial charge in [-0.2, -0.15) is 0 Å². The minimum absolute atomic E-state index is 0.0136. The molecule has 3 saturated heterocycles. The molecule has 0 radical (unpaired) electrons. The number of nitrogens with zero attached hydrogens (tertiary/aromatic N) is 1. The largest absolute Gasteiger partial charge is 0.467 e. The second kappa shape index (κ2) is 9.59. The molecule has 2 atom stereocenters. The van der Waals surface area contributed by atoms with E-state index in [0.717, 1.165) is 62.2 Å². The third-order valence-corrected chi connectivity index (χ3v) is 7.92. The second-order valence-electron chi connectivity index (χ2n) is 10.6. The third-order valence-electron chi connectivity index (χ3n) is 7.92. The van der Waals surface area contributed by atoms with Gasteiger partial charge in [0.15, 0.2) is 6.79 Å². The maximum Gasteiger partial charge on any atom is 0.407 e. The van der Waals surface area contributed by atoms with Gasteiger partial charge >= 0.3 is 6.09 Å². The van der Waals surface area contributed by atoms with E-state index in [9.17, 15) is 4.79 Å². The number of fused-ring (bicyclic) bond motifs is 4. The molecule has 0 spiro atoms. The fourth-order valence-corrected chi connectivity index (χ4v) is 5.85. The van der Waals surface area contributed by atoms with Crippen LogP contribution in [0.1, 0.15) is 50.3 Å². The van der Waals surface area contributed by atoms with Gasteiger partial charge in [-0.1, -0.05) is 50.2 Å². The van der Waals surface area contributed by atoms with E-state index < -0.39 is 0 Å². The van der Waals surface area contributed by atoms with E-state index in [1.165, 1.54) is 11.1 Å². The Bertz CT molecular complexity index is 1030. The lowest BCUT2D eigenvalue weighted by atomic mass is 9.70. The smallest absolute Gasteiger partial charge is 0.407 e. The predicted octanol–water partition coefficient (Wildman–Crippen LogP) is 5.17. The van der Waals surface area contributed by atoms with Crippen molar-refractivity contribution in [3.63, 3.8) is 0 Å². The molecule has 2 bridgehead atoms. The SMILES string of the molecule is COCOc1ccccc1-c1ccc2c(c1)CCC(C)(C)C2NC(=O)O[C@H]1CN2CCC1CC2. The van der Waals surface area contributed by atoms with Crippen molar-refractivity contribution in [1.29, 1.82) is 0 Å². The van der Waals surface area contributed by atoms with E-state index in [0.29, 0.717) is 5.92 Å². The maximum absolute atomic E-state index is 13.0. The molecule has 3 aliphatic heterocycles. The quantitative estimate of drug-likeness (QED) is 0.598. The van der Waals surface area contributed by atoms with Gasteiger partial charge < -0.3 is 19.5 Å². The molecule has 1 amide bonds.